The maximum Gasteiger partial charge on any atom is 0.341 e. The number of thiophene rings is 1. The van der Waals surface area contributed by atoms with E-state index in [9.17, 15) is 9.18 Å². The van der Waals surface area contributed by atoms with Crippen molar-refractivity contribution in [2.75, 3.05) is 12.0 Å². The first-order valence-corrected chi connectivity index (χ1v) is 7.49. The lowest BCUT2D eigenvalue weighted by molar-refractivity contribution is 0.0529. The van der Waals surface area contributed by atoms with Gasteiger partial charge in [0.25, 0.3) is 0 Å². The van der Waals surface area contributed by atoms with Crippen molar-refractivity contribution in [3.8, 4) is 11.1 Å². The number of anilines is 1. The van der Waals surface area contributed by atoms with Gasteiger partial charge in [-0.15, -0.1) is 11.3 Å². The van der Waals surface area contributed by atoms with Gasteiger partial charge >= 0.3 is 5.97 Å². The zero-order valence-corrected chi connectivity index (χ0v) is 12.7. The molecule has 0 unspecified atom stereocenters. The molecule has 0 spiro atoms. The number of hydrogen-bond acceptors (Lipinski definition) is 5. The third kappa shape index (κ3) is 3.06. The summed E-state index contributed by atoms with van der Waals surface area (Å²) in [6, 6.07) is 6.05. The van der Waals surface area contributed by atoms with E-state index in [-0.39, 0.29) is 12.4 Å². The van der Waals surface area contributed by atoms with Crippen LogP contribution >= 0.6 is 11.3 Å². The van der Waals surface area contributed by atoms with Crippen molar-refractivity contribution in [2.24, 2.45) is 5.84 Å². The van der Waals surface area contributed by atoms with Gasteiger partial charge in [-0.1, -0.05) is 19.1 Å². The van der Waals surface area contributed by atoms with Crippen molar-refractivity contribution >= 4 is 22.3 Å². The SMILES string of the molecule is CCOC(=O)c1c(NN)sc(CC)c1-c1ccc(F)cc1. The molecular formula is C15H17FN2O2S. The lowest BCUT2D eigenvalue weighted by Crippen LogP contribution is -2.12. The molecule has 1 heterocycles. The Morgan fingerprint density at radius 3 is 2.52 bits per heavy atom. The van der Waals surface area contributed by atoms with E-state index in [1.165, 1.54) is 23.5 Å². The number of hydrazine groups is 1. The number of rotatable bonds is 5. The second-order valence-electron chi connectivity index (χ2n) is 4.33. The molecule has 0 bridgehead atoms. The molecule has 0 fully saturated rings. The van der Waals surface area contributed by atoms with Gasteiger partial charge in [-0.2, -0.15) is 0 Å². The predicted octanol–water partition coefficient (Wildman–Crippen LogP) is 3.58. The van der Waals surface area contributed by atoms with E-state index in [0.717, 1.165) is 22.4 Å². The highest BCUT2D eigenvalue weighted by Crippen LogP contribution is 2.40. The van der Waals surface area contributed by atoms with Crippen molar-refractivity contribution in [2.45, 2.75) is 20.3 Å². The molecule has 0 atom stereocenters. The zero-order chi connectivity index (χ0) is 15.4. The topological polar surface area (TPSA) is 64.3 Å². The Hall–Kier alpha value is -1.92. The Kier molecular flexibility index (Phi) is 4.93. The number of halogens is 1. The smallest absolute Gasteiger partial charge is 0.341 e. The summed E-state index contributed by atoms with van der Waals surface area (Å²) >= 11 is 1.41. The van der Waals surface area contributed by atoms with Crippen LogP contribution in [0, 0.1) is 5.82 Å². The Morgan fingerprint density at radius 2 is 2.00 bits per heavy atom. The van der Waals surface area contributed by atoms with Crippen LogP contribution in [-0.4, -0.2) is 12.6 Å². The van der Waals surface area contributed by atoms with Gasteiger partial charge in [0.2, 0.25) is 0 Å². The van der Waals surface area contributed by atoms with Crippen molar-refractivity contribution in [1.29, 1.82) is 0 Å². The number of carbonyl (C=O) groups excluding carboxylic acids is 1. The number of benzene rings is 1. The van der Waals surface area contributed by atoms with Crippen LogP contribution in [0.5, 0.6) is 0 Å². The van der Waals surface area contributed by atoms with Gasteiger partial charge in [-0.05, 0) is 31.0 Å². The highest BCUT2D eigenvalue weighted by atomic mass is 32.1. The summed E-state index contributed by atoms with van der Waals surface area (Å²) in [4.78, 5) is 13.2. The minimum atomic E-state index is -0.430. The molecule has 0 amide bonds. The second-order valence-corrected chi connectivity index (χ2v) is 5.43. The minimum absolute atomic E-state index is 0.281. The molecule has 0 aliphatic rings. The number of nitrogens with two attached hydrogens (primary N) is 1. The normalized spacial score (nSPS) is 10.5. The van der Waals surface area contributed by atoms with E-state index in [1.807, 2.05) is 6.92 Å². The van der Waals surface area contributed by atoms with Crippen LogP contribution in [0.25, 0.3) is 11.1 Å². The Morgan fingerprint density at radius 1 is 1.33 bits per heavy atom. The monoisotopic (exact) mass is 308 g/mol. The molecule has 1 aromatic carbocycles. The Balaban J connectivity index is 2.63. The number of nitrogen functional groups attached to an aromatic ring is 1. The first kappa shape index (κ1) is 15.5. The summed E-state index contributed by atoms with van der Waals surface area (Å²) in [5, 5.41) is 0.560. The fourth-order valence-electron chi connectivity index (χ4n) is 2.15. The van der Waals surface area contributed by atoms with Crippen LogP contribution in [0.3, 0.4) is 0 Å². The molecule has 3 N–H and O–H groups in total. The molecule has 2 rings (SSSR count). The van der Waals surface area contributed by atoms with E-state index in [1.54, 1.807) is 19.1 Å². The molecule has 0 aliphatic heterocycles. The minimum Gasteiger partial charge on any atom is -0.462 e. The number of ether oxygens (including phenoxy) is 1. The highest BCUT2D eigenvalue weighted by Gasteiger charge is 2.24. The summed E-state index contributed by atoms with van der Waals surface area (Å²) in [6.45, 7) is 4.02. The molecule has 0 radical (unpaired) electrons. The number of esters is 1. The van der Waals surface area contributed by atoms with Crippen LogP contribution in [-0.2, 0) is 11.2 Å². The largest absolute Gasteiger partial charge is 0.462 e. The summed E-state index contributed by atoms with van der Waals surface area (Å²) in [5.74, 6) is 4.77. The van der Waals surface area contributed by atoms with Crippen LogP contribution in [0.4, 0.5) is 9.39 Å². The molecular weight excluding hydrogens is 291 g/mol. The van der Waals surface area contributed by atoms with Crippen molar-refractivity contribution in [3.63, 3.8) is 0 Å². The van der Waals surface area contributed by atoms with Crippen LogP contribution in [0.15, 0.2) is 24.3 Å². The molecule has 112 valence electrons. The van der Waals surface area contributed by atoms with E-state index in [0.29, 0.717) is 10.6 Å². The number of aryl methyl sites for hydroxylation is 1. The quantitative estimate of drug-likeness (QED) is 0.503. The van der Waals surface area contributed by atoms with E-state index in [4.69, 9.17) is 10.6 Å². The van der Waals surface area contributed by atoms with Crippen LogP contribution in [0.1, 0.15) is 29.1 Å². The first-order valence-electron chi connectivity index (χ1n) is 6.67. The molecule has 21 heavy (non-hydrogen) atoms. The lowest BCUT2D eigenvalue weighted by Gasteiger charge is -2.08. The third-order valence-corrected chi connectivity index (χ3v) is 4.31. The molecule has 0 aliphatic carbocycles. The number of carbonyl (C=O) groups is 1. The van der Waals surface area contributed by atoms with Gasteiger partial charge < -0.3 is 10.2 Å². The van der Waals surface area contributed by atoms with Gasteiger partial charge in [-0.25, -0.2) is 15.0 Å². The van der Waals surface area contributed by atoms with Crippen molar-refractivity contribution in [3.05, 3.63) is 40.5 Å². The molecule has 0 saturated heterocycles. The summed E-state index contributed by atoms with van der Waals surface area (Å²) in [6.07, 6.45) is 0.742. The molecule has 6 heteroatoms. The fraction of sp³-hybridized carbons (Fsp3) is 0.267. The fourth-order valence-corrected chi connectivity index (χ4v) is 3.21. The number of hydrogen-bond donors (Lipinski definition) is 2. The van der Waals surface area contributed by atoms with E-state index < -0.39 is 5.97 Å². The molecule has 1 aromatic heterocycles. The predicted molar refractivity (Wildman–Crippen MR) is 82.9 cm³/mol. The van der Waals surface area contributed by atoms with Gasteiger partial charge in [0, 0.05) is 10.4 Å². The average molecular weight is 308 g/mol. The molecule has 4 nitrogen and oxygen atoms in total. The van der Waals surface area contributed by atoms with Gasteiger partial charge in [0.15, 0.2) is 0 Å². The van der Waals surface area contributed by atoms with Crippen LogP contribution < -0.4 is 11.3 Å². The second kappa shape index (κ2) is 6.69. The van der Waals surface area contributed by atoms with Crippen LogP contribution in [0.2, 0.25) is 0 Å². The summed E-state index contributed by atoms with van der Waals surface area (Å²) < 4.78 is 18.2. The summed E-state index contributed by atoms with van der Waals surface area (Å²) in [7, 11) is 0. The summed E-state index contributed by atoms with van der Waals surface area (Å²) in [5.41, 5.74) is 4.50. The van der Waals surface area contributed by atoms with Gasteiger partial charge in [-0.3, -0.25) is 0 Å². The van der Waals surface area contributed by atoms with E-state index >= 15 is 0 Å². The van der Waals surface area contributed by atoms with Crippen molar-refractivity contribution in [1.82, 2.24) is 0 Å². The average Bonchev–Trinajstić information content (AvgIpc) is 2.87. The first-order chi connectivity index (χ1) is 10.1. The Labute approximate surface area is 126 Å². The zero-order valence-electron chi connectivity index (χ0n) is 11.9. The Bertz CT molecular complexity index is 638. The third-order valence-electron chi connectivity index (χ3n) is 3.05. The van der Waals surface area contributed by atoms with E-state index in [2.05, 4.69) is 5.43 Å². The standard InChI is InChI=1S/C15H17FN2O2S/c1-3-11-12(9-5-7-10(16)8-6-9)13(14(18-17)21-11)15(19)20-4-2/h5-8,18H,3-4,17H2,1-2H3. The number of nitrogens with one attached hydrogen (secondary N) is 1. The lowest BCUT2D eigenvalue weighted by atomic mass is 10.00. The van der Waals surface area contributed by atoms with Gasteiger partial charge in [0.05, 0.1) is 6.61 Å². The highest BCUT2D eigenvalue weighted by molar-refractivity contribution is 7.17. The molecule has 2 aromatic rings. The molecule has 0 saturated carbocycles. The van der Waals surface area contributed by atoms with Crippen molar-refractivity contribution < 1.29 is 13.9 Å². The van der Waals surface area contributed by atoms with Gasteiger partial charge in [0.1, 0.15) is 16.4 Å². The maximum atomic E-state index is 13.1. The maximum absolute atomic E-state index is 13.1.